The molecule has 3 rings (SSSR count). The predicted octanol–water partition coefficient (Wildman–Crippen LogP) is 3.61. The third-order valence-electron chi connectivity index (χ3n) is 3.14. The molecule has 0 aromatic carbocycles. The first-order valence-corrected chi connectivity index (χ1v) is 6.18. The zero-order valence-electron chi connectivity index (χ0n) is 8.63. The van der Waals surface area contributed by atoms with Crippen LogP contribution in [0.2, 0.25) is 10.2 Å². The third-order valence-corrected chi connectivity index (χ3v) is 3.81. The van der Waals surface area contributed by atoms with Gasteiger partial charge in [-0.3, -0.25) is 0 Å². The Balaban J connectivity index is 1.95. The highest BCUT2D eigenvalue weighted by atomic mass is 35.5. The lowest BCUT2D eigenvalue weighted by Crippen LogP contribution is -2.14. The van der Waals surface area contributed by atoms with Crippen molar-refractivity contribution < 1.29 is 0 Å². The molecule has 0 saturated heterocycles. The number of aromatic nitrogens is 3. The lowest BCUT2D eigenvalue weighted by atomic mass is 9.83. The fourth-order valence-electron chi connectivity index (χ4n) is 2.01. The van der Waals surface area contributed by atoms with Gasteiger partial charge in [-0.05, 0) is 12.0 Å². The second-order valence-corrected chi connectivity index (χ2v) is 5.08. The van der Waals surface area contributed by atoms with Gasteiger partial charge in [0.05, 0.1) is 10.5 Å². The van der Waals surface area contributed by atoms with E-state index < -0.39 is 0 Å². The van der Waals surface area contributed by atoms with Crippen LogP contribution in [0.15, 0.2) is 6.07 Å². The number of nitrogens with zero attached hydrogens (tertiary/aromatic N) is 2. The number of fused-ring (bicyclic) bond motifs is 1. The van der Waals surface area contributed by atoms with Crippen molar-refractivity contribution in [2.45, 2.75) is 25.7 Å². The molecule has 0 amide bonds. The molecule has 1 fully saturated rings. The standard InChI is InChI=1S/C11H11Cl2N3/c12-7-5-8-11(16-10(7)13)15-9(14-8)4-6-2-1-3-6/h5-6H,1-4H2,(H,14,15,16). The fraction of sp³-hybridized carbons (Fsp3) is 0.455. The van der Waals surface area contributed by atoms with Crippen molar-refractivity contribution in [3.8, 4) is 0 Å². The molecule has 2 aromatic rings. The second-order valence-electron chi connectivity index (χ2n) is 4.32. The molecule has 0 spiro atoms. The van der Waals surface area contributed by atoms with E-state index in [1.807, 2.05) is 0 Å². The van der Waals surface area contributed by atoms with Crippen LogP contribution in [0.25, 0.3) is 11.2 Å². The van der Waals surface area contributed by atoms with Gasteiger partial charge < -0.3 is 4.98 Å². The third kappa shape index (κ3) is 1.78. The van der Waals surface area contributed by atoms with Crippen LogP contribution in [0.5, 0.6) is 0 Å². The van der Waals surface area contributed by atoms with Crippen LogP contribution in [0.4, 0.5) is 0 Å². The van der Waals surface area contributed by atoms with Crippen molar-refractivity contribution in [1.29, 1.82) is 0 Å². The van der Waals surface area contributed by atoms with Gasteiger partial charge in [0.25, 0.3) is 0 Å². The van der Waals surface area contributed by atoms with Gasteiger partial charge in [-0.25, -0.2) is 9.97 Å². The van der Waals surface area contributed by atoms with Gasteiger partial charge in [-0.2, -0.15) is 0 Å². The minimum Gasteiger partial charge on any atom is -0.341 e. The number of hydrogen-bond acceptors (Lipinski definition) is 2. The average Bonchev–Trinajstić information content (AvgIpc) is 2.54. The Morgan fingerprint density at radius 3 is 2.81 bits per heavy atom. The molecular formula is C11H11Cl2N3. The maximum Gasteiger partial charge on any atom is 0.179 e. The molecule has 2 aromatic heterocycles. The number of hydrogen-bond donors (Lipinski definition) is 1. The molecule has 0 bridgehead atoms. The summed E-state index contributed by atoms with van der Waals surface area (Å²) in [7, 11) is 0. The lowest BCUT2D eigenvalue weighted by Gasteiger charge is -2.23. The first-order chi connectivity index (χ1) is 7.72. The van der Waals surface area contributed by atoms with E-state index >= 15 is 0 Å². The van der Waals surface area contributed by atoms with Crippen molar-refractivity contribution in [1.82, 2.24) is 15.0 Å². The first-order valence-electron chi connectivity index (χ1n) is 5.43. The monoisotopic (exact) mass is 255 g/mol. The largest absolute Gasteiger partial charge is 0.341 e. The SMILES string of the molecule is Clc1cc2[nH]c(CC3CCC3)nc2nc1Cl. The van der Waals surface area contributed by atoms with Crippen LogP contribution < -0.4 is 0 Å². The Morgan fingerprint density at radius 1 is 1.31 bits per heavy atom. The van der Waals surface area contributed by atoms with E-state index in [1.54, 1.807) is 6.07 Å². The summed E-state index contributed by atoms with van der Waals surface area (Å²) in [6.45, 7) is 0. The van der Waals surface area contributed by atoms with Crippen molar-refractivity contribution in [3.63, 3.8) is 0 Å². The second kappa shape index (κ2) is 3.90. The van der Waals surface area contributed by atoms with Crippen LogP contribution >= 0.6 is 23.2 Å². The van der Waals surface area contributed by atoms with E-state index in [2.05, 4.69) is 15.0 Å². The molecule has 2 heterocycles. The van der Waals surface area contributed by atoms with Crippen molar-refractivity contribution in [3.05, 3.63) is 22.1 Å². The fourth-order valence-corrected chi connectivity index (χ4v) is 2.30. The normalized spacial score (nSPS) is 16.6. The molecule has 0 aliphatic heterocycles. The minimum absolute atomic E-state index is 0.316. The minimum atomic E-state index is 0.316. The molecule has 84 valence electrons. The summed E-state index contributed by atoms with van der Waals surface area (Å²) in [4.78, 5) is 11.8. The molecule has 1 saturated carbocycles. The van der Waals surface area contributed by atoms with Crippen molar-refractivity contribution in [2.24, 2.45) is 5.92 Å². The molecule has 1 aliphatic carbocycles. The summed E-state index contributed by atoms with van der Waals surface area (Å²) in [6, 6.07) is 1.78. The summed E-state index contributed by atoms with van der Waals surface area (Å²) in [5.74, 6) is 1.78. The highest BCUT2D eigenvalue weighted by molar-refractivity contribution is 6.41. The molecule has 16 heavy (non-hydrogen) atoms. The summed E-state index contributed by atoms with van der Waals surface area (Å²) < 4.78 is 0. The van der Waals surface area contributed by atoms with Crippen LogP contribution in [0.1, 0.15) is 25.1 Å². The Bertz CT molecular complexity index is 492. The van der Waals surface area contributed by atoms with Gasteiger partial charge in [0.1, 0.15) is 11.0 Å². The molecule has 3 nitrogen and oxygen atoms in total. The number of H-pyrrole nitrogens is 1. The van der Waals surface area contributed by atoms with Gasteiger partial charge in [-0.1, -0.05) is 42.5 Å². The summed E-state index contributed by atoms with van der Waals surface area (Å²) in [5, 5.41) is 0.781. The Labute approximate surface area is 103 Å². The zero-order chi connectivity index (χ0) is 11.1. The van der Waals surface area contributed by atoms with E-state index in [1.165, 1.54) is 19.3 Å². The van der Waals surface area contributed by atoms with Gasteiger partial charge >= 0.3 is 0 Å². The van der Waals surface area contributed by atoms with E-state index in [-0.39, 0.29) is 0 Å². The molecule has 1 N–H and O–H groups in total. The van der Waals surface area contributed by atoms with Gasteiger partial charge in [0.15, 0.2) is 5.65 Å². The first kappa shape index (κ1) is 10.4. The average molecular weight is 256 g/mol. The molecular weight excluding hydrogens is 245 g/mol. The number of imidazole rings is 1. The topological polar surface area (TPSA) is 41.6 Å². The lowest BCUT2D eigenvalue weighted by molar-refractivity contribution is 0.310. The highest BCUT2D eigenvalue weighted by Gasteiger charge is 2.19. The zero-order valence-corrected chi connectivity index (χ0v) is 10.1. The maximum atomic E-state index is 5.90. The van der Waals surface area contributed by atoms with Crippen LogP contribution in [-0.4, -0.2) is 15.0 Å². The molecule has 0 unspecified atom stereocenters. The number of aromatic amines is 1. The molecule has 1 aliphatic rings. The van der Waals surface area contributed by atoms with Crippen LogP contribution in [0, 0.1) is 5.92 Å². The van der Waals surface area contributed by atoms with E-state index in [0.717, 1.165) is 23.7 Å². The number of rotatable bonds is 2. The van der Waals surface area contributed by atoms with Crippen LogP contribution in [-0.2, 0) is 6.42 Å². The van der Waals surface area contributed by atoms with Gasteiger partial charge in [0, 0.05) is 6.42 Å². The Morgan fingerprint density at radius 2 is 2.12 bits per heavy atom. The molecule has 5 heteroatoms. The molecule has 0 radical (unpaired) electrons. The maximum absolute atomic E-state index is 5.90. The van der Waals surface area contributed by atoms with E-state index in [4.69, 9.17) is 23.2 Å². The molecule has 0 atom stereocenters. The van der Waals surface area contributed by atoms with Crippen LogP contribution in [0.3, 0.4) is 0 Å². The van der Waals surface area contributed by atoms with Crippen molar-refractivity contribution >= 4 is 34.4 Å². The number of halogens is 2. The summed E-state index contributed by atoms with van der Waals surface area (Å²) >= 11 is 11.7. The van der Waals surface area contributed by atoms with Gasteiger partial charge in [0.2, 0.25) is 0 Å². The van der Waals surface area contributed by atoms with E-state index in [9.17, 15) is 0 Å². The summed E-state index contributed by atoms with van der Waals surface area (Å²) in [6.07, 6.45) is 4.98. The highest BCUT2D eigenvalue weighted by Crippen LogP contribution is 2.30. The predicted molar refractivity (Wildman–Crippen MR) is 65.0 cm³/mol. The number of pyridine rings is 1. The number of nitrogens with one attached hydrogen (secondary N) is 1. The van der Waals surface area contributed by atoms with Crippen molar-refractivity contribution in [2.75, 3.05) is 0 Å². The summed E-state index contributed by atoms with van der Waals surface area (Å²) in [5.41, 5.74) is 1.52. The smallest absolute Gasteiger partial charge is 0.179 e. The quantitative estimate of drug-likeness (QED) is 0.834. The Kier molecular flexibility index (Phi) is 2.52. The van der Waals surface area contributed by atoms with Gasteiger partial charge in [-0.15, -0.1) is 0 Å². The van der Waals surface area contributed by atoms with E-state index in [0.29, 0.717) is 15.8 Å². The Hall–Kier alpha value is -0.800.